The van der Waals surface area contributed by atoms with Crippen molar-refractivity contribution < 1.29 is 0 Å². The molecule has 0 amide bonds. The first-order valence-corrected chi connectivity index (χ1v) is 4.44. The first-order chi connectivity index (χ1) is 7.24. The smallest absolute Gasteiger partial charge is 0.170 e. The van der Waals surface area contributed by atoms with Crippen LogP contribution in [0.25, 0.3) is 0 Å². The summed E-state index contributed by atoms with van der Waals surface area (Å²) < 4.78 is 0. The van der Waals surface area contributed by atoms with Crippen LogP contribution in [0.3, 0.4) is 0 Å². The maximum absolute atomic E-state index is 8.71. The fourth-order valence-corrected chi connectivity index (χ4v) is 1.43. The van der Waals surface area contributed by atoms with Gasteiger partial charge in [-0.3, -0.25) is 0 Å². The number of aryl methyl sites for hydroxylation is 1. The highest BCUT2D eigenvalue weighted by Gasteiger charge is 2.17. The van der Waals surface area contributed by atoms with E-state index in [0.29, 0.717) is 5.82 Å². The van der Waals surface area contributed by atoms with Crippen LogP contribution in [-0.2, 0) is 0 Å². The van der Waals surface area contributed by atoms with E-state index in [0.717, 1.165) is 16.9 Å². The molecule has 1 aliphatic heterocycles. The molecule has 0 atom stereocenters. The predicted molar refractivity (Wildman–Crippen MR) is 56.7 cm³/mol. The molecule has 72 valence electrons. The number of hydrogen-bond acceptors (Lipinski definition) is 4. The number of benzene rings is 1. The molecule has 1 aromatic carbocycles. The second kappa shape index (κ2) is 3.36. The second-order valence-corrected chi connectivity index (χ2v) is 3.27. The van der Waals surface area contributed by atoms with Crippen LogP contribution >= 0.6 is 0 Å². The van der Waals surface area contributed by atoms with Gasteiger partial charge in [-0.25, -0.2) is 0 Å². The molecule has 2 N–H and O–H groups in total. The molecule has 0 aliphatic carbocycles. The highest BCUT2D eigenvalue weighted by molar-refractivity contribution is 5.81. The molecule has 2 rings (SSSR count). The zero-order chi connectivity index (χ0) is 10.8. The van der Waals surface area contributed by atoms with Gasteiger partial charge in [-0.1, -0.05) is 6.07 Å². The summed E-state index contributed by atoms with van der Waals surface area (Å²) in [5.41, 5.74) is 2.97. The van der Waals surface area contributed by atoms with Crippen molar-refractivity contribution in [3.63, 3.8) is 0 Å². The third kappa shape index (κ3) is 1.49. The minimum absolute atomic E-state index is 0.0591. The van der Waals surface area contributed by atoms with Crippen molar-refractivity contribution in [1.82, 2.24) is 0 Å². The molecule has 0 aromatic heterocycles. The van der Waals surface area contributed by atoms with Gasteiger partial charge in [0.1, 0.15) is 18.0 Å². The van der Waals surface area contributed by atoms with E-state index < -0.39 is 0 Å². The molecule has 0 bridgehead atoms. The van der Waals surface area contributed by atoms with Gasteiger partial charge in [-0.05, 0) is 24.6 Å². The van der Waals surface area contributed by atoms with E-state index in [9.17, 15) is 0 Å². The second-order valence-electron chi connectivity index (χ2n) is 3.27. The van der Waals surface area contributed by atoms with Gasteiger partial charge < -0.3 is 10.6 Å². The molecule has 0 spiro atoms. The summed E-state index contributed by atoms with van der Waals surface area (Å²) in [6, 6.07) is 9.51. The number of rotatable bonds is 0. The molecule has 0 radical (unpaired) electrons. The molecule has 0 unspecified atom stereocenters. The molecule has 0 fully saturated rings. The van der Waals surface area contributed by atoms with Crippen LogP contribution in [-0.4, -0.2) is 0 Å². The Kier molecular flexibility index (Phi) is 2.04. The maximum atomic E-state index is 8.71. The Morgan fingerprint density at radius 1 is 1.13 bits per heavy atom. The number of allylic oxidation sites excluding steroid dienone is 1. The summed E-state index contributed by atoms with van der Waals surface area (Å²) >= 11 is 0. The number of nitrogens with zero attached hydrogens (tertiary/aromatic N) is 2. The molecule has 0 saturated carbocycles. The highest BCUT2D eigenvalue weighted by atomic mass is 15.2. The number of nitriles is 2. The monoisotopic (exact) mass is 196 g/mol. The predicted octanol–water partition coefficient (Wildman–Crippen LogP) is 2.09. The SMILES string of the molecule is Cc1ccc2c(c1)NC(=C(C#N)C#N)N2. The maximum Gasteiger partial charge on any atom is 0.170 e. The molecule has 1 aromatic rings. The van der Waals surface area contributed by atoms with Crippen molar-refractivity contribution in [2.24, 2.45) is 0 Å². The summed E-state index contributed by atoms with van der Waals surface area (Å²) in [7, 11) is 0. The van der Waals surface area contributed by atoms with Crippen molar-refractivity contribution in [2.75, 3.05) is 10.6 Å². The van der Waals surface area contributed by atoms with Crippen LogP contribution in [0.5, 0.6) is 0 Å². The van der Waals surface area contributed by atoms with E-state index in [2.05, 4.69) is 10.6 Å². The number of nitrogens with one attached hydrogen (secondary N) is 2. The summed E-state index contributed by atoms with van der Waals surface area (Å²) in [5, 5.41) is 23.4. The van der Waals surface area contributed by atoms with E-state index in [1.54, 1.807) is 0 Å². The summed E-state index contributed by atoms with van der Waals surface area (Å²) in [4.78, 5) is 0. The van der Waals surface area contributed by atoms with Crippen molar-refractivity contribution in [2.45, 2.75) is 6.92 Å². The van der Waals surface area contributed by atoms with Crippen molar-refractivity contribution in [3.05, 3.63) is 35.2 Å². The van der Waals surface area contributed by atoms with Gasteiger partial charge in [0, 0.05) is 0 Å². The largest absolute Gasteiger partial charge is 0.338 e. The molecule has 1 heterocycles. The number of hydrogen-bond donors (Lipinski definition) is 2. The zero-order valence-electron chi connectivity index (χ0n) is 8.13. The average Bonchev–Trinajstić information content (AvgIpc) is 2.62. The first kappa shape index (κ1) is 9.11. The Morgan fingerprint density at radius 2 is 1.80 bits per heavy atom. The minimum Gasteiger partial charge on any atom is -0.338 e. The Balaban J connectivity index is 2.44. The van der Waals surface area contributed by atoms with Gasteiger partial charge >= 0.3 is 0 Å². The van der Waals surface area contributed by atoms with Crippen LogP contribution in [0.2, 0.25) is 0 Å². The van der Waals surface area contributed by atoms with Crippen molar-refractivity contribution in [1.29, 1.82) is 10.5 Å². The van der Waals surface area contributed by atoms with Crippen LogP contribution in [0.4, 0.5) is 11.4 Å². The third-order valence-corrected chi connectivity index (χ3v) is 2.17. The Labute approximate surface area is 87.4 Å². The molecule has 15 heavy (non-hydrogen) atoms. The fraction of sp³-hybridized carbons (Fsp3) is 0.0909. The Hall–Kier alpha value is -2.46. The lowest BCUT2D eigenvalue weighted by atomic mass is 10.2. The molecule has 4 nitrogen and oxygen atoms in total. The van der Waals surface area contributed by atoms with Gasteiger partial charge in [-0.15, -0.1) is 0 Å². The minimum atomic E-state index is 0.0591. The molecule has 1 aliphatic rings. The first-order valence-electron chi connectivity index (χ1n) is 4.44. The highest BCUT2D eigenvalue weighted by Crippen LogP contribution is 2.31. The van der Waals surface area contributed by atoms with Crippen LogP contribution < -0.4 is 10.6 Å². The van der Waals surface area contributed by atoms with E-state index in [-0.39, 0.29) is 5.57 Å². The van der Waals surface area contributed by atoms with Gasteiger partial charge in [0.25, 0.3) is 0 Å². The van der Waals surface area contributed by atoms with Crippen molar-refractivity contribution >= 4 is 11.4 Å². The van der Waals surface area contributed by atoms with Gasteiger partial charge in [0.05, 0.1) is 11.4 Å². The molecular weight excluding hydrogens is 188 g/mol. The van der Waals surface area contributed by atoms with Gasteiger partial charge in [0.2, 0.25) is 0 Å². The lowest BCUT2D eigenvalue weighted by molar-refractivity contribution is 1.38. The normalized spacial score (nSPS) is 11.8. The number of fused-ring (bicyclic) bond motifs is 1. The topological polar surface area (TPSA) is 71.6 Å². The quantitative estimate of drug-likeness (QED) is 0.623. The van der Waals surface area contributed by atoms with Gasteiger partial charge in [0.15, 0.2) is 5.57 Å². The summed E-state index contributed by atoms with van der Waals surface area (Å²) in [5.74, 6) is 0.459. The lowest BCUT2D eigenvalue weighted by Crippen LogP contribution is -2.02. The Morgan fingerprint density at radius 3 is 2.47 bits per heavy atom. The van der Waals surface area contributed by atoms with E-state index in [4.69, 9.17) is 10.5 Å². The molecule has 0 saturated heterocycles. The standard InChI is InChI=1S/C11H8N4/c1-7-2-3-9-10(4-7)15-11(14-9)8(5-12)6-13/h2-4,14-15H,1H3. The van der Waals surface area contributed by atoms with Crippen LogP contribution in [0.15, 0.2) is 29.6 Å². The lowest BCUT2D eigenvalue weighted by Gasteiger charge is -1.97. The summed E-state index contributed by atoms with van der Waals surface area (Å²) in [6.45, 7) is 1.99. The van der Waals surface area contributed by atoms with Crippen molar-refractivity contribution in [3.8, 4) is 12.1 Å². The Bertz CT molecular complexity index is 512. The molecule has 4 heteroatoms. The van der Waals surface area contributed by atoms with Crippen LogP contribution in [0.1, 0.15) is 5.56 Å². The van der Waals surface area contributed by atoms with E-state index in [1.807, 2.05) is 37.3 Å². The van der Waals surface area contributed by atoms with E-state index in [1.165, 1.54) is 0 Å². The third-order valence-electron chi connectivity index (χ3n) is 2.17. The van der Waals surface area contributed by atoms with Crippen LogP contribution in [0, 0.1) is 29.6 Å². The fourth-order valence-electron chi connectivity index (χ4n) is 1.43. The summed E-state index contributed by atoms with van der Waals surface area (Å²) in [6.07, 6.45) is 0. The van der Waals surface area contributed by atoms with E-state index >= 15 is 0 Å². The number of anilines is 2. The zero-order valence-corrected chi connectivity index (χ0v) is 8.13. The van der Waals surface area contributed by atoms with Gasteiger partial charge in [-0.2, -0.15) is 10.5 Å². The molecular formula is C11H8N4. The average molecular weight is 196 g/mol.